The molecule has 134 valence electrons. The predicted molar refractivity (Wildman–Crippen MR) is 100 cm³/mol. The molecule has 2 N–H and O–H groups in total. The van der Waals surface area contributed by atoms with Gasteiger partial charge in [0.1, 0.15) is 5.82 Å². The van der Waals surface area contributed by atoms with Gasteiger partial charge in [0.25, 0.3) is 5.91 Å². The highest BCUT2D eigenvalue weighted by atomic mass is 35.5. The highest BCUT2D eigenvalue weighted by Gasteiger charge is 2.20. The first-order valence-corrected chi connectivity index (χ1v) is 8.23. The Labute approximate surface area is 153 Å². The summed E-state index contributed by atoms with van der Waals surface area (Å²) in [6.07, 6.45) is 0.906. The first-order chi connectivity index (χ1) is 11.6. The van der Waals surface area contributed by atoms with Gasteiger partial charge >= 0.3 is 0 Å². The van der Waals surface area contributed by atoms with E-state index in [1.807, 2.05) is 23.1 Å². The van der Waals surface area contributed by atoms with Gasteiger partial charge in [0.15, 0.2) is 0 Å². The molecular formula is C19H23ClFN3O. The number of nitrogen functional groups attached to an aromatic ring is 1. The molecule has 0 saturated carbocycles. The number of amides is 1. The Balaban J connectivity index is 0.00000225. The lowest BCUT2D eigenvalue weighted by Gasteiger charge is -2.22. The smallest absolute Gasteiger partial charge is 0.254 e. The Bertz CT molecular complexity index is 725. The zero-order valence-electron chi connectivity index (χ0n) is 14.0. The molecule has 2 aromatic carbocycles. The van der Waals surface area contributed by atoms with E-state index < -0.39 is 0 Å². The second-order valence-electron chi connectivity index (χ2n) is 6.18. The highest BCUT2D eigenvalue weighted by Crippen LogP contribution is 2.14. The fourth-order valence-electron chi connectivity index (χ4n) is 3.09. The number of nitrogens with two attached hydrogens (primary N) is 1. The van der Waals surface area contributed by atoms with Crippen LogP contribution in [-0.4, -0.2) is 41.9 Å². The van der Waals surface area contributed by atoms with Crippen molar-refractivity contribution in [1.29, 1.82) is 0 Å². The number of anilines is 1. The van der Waals surface area contributed by atoms with Crippen LogP contribution in [0.25, 0.3) is 0 Å². The van der Waals surface area contributed by atoms with Gasteiger partial charge in [-0.3, -0.25) is 9.69 Å². The van der Waals surface area contributed by atoms with Crippen molar-refractivity contribution in [1.82, 2.24) is 9.80 Å². The molecule has 0 aromatic heterocycles. The van der Waals surface area contributed by atoms with Crippen LogP contribution in [0.5, 0.6) is 0 Å². The molecule has 0 aliphatic carbocycles. The number of hydrogen-bond acceptors (Lipinski definition) is 3. The van der Waals surface area contributed by atoms with Crippen molar-refractivity contribution < 1.29 is 9.18 Å². The van der Waals surface area contributed by atoms with Crippen molar-refractivity contribution >= 4 is 24.0 Å². The third kappa shape index (κ3) is 5.18. The highest BCUT2D eigenvalue weighted by molar-refractivity contribution is 5.94. The molecule has 6 heteroatoms. The largest absolute Gasteiger partial charge is 0.399 e. The van der Waals surface area contributed by atoms with E-state index >= 15 is 0 Å². The number of nitrogens with zero attached hydrogens (tertiary/aromatic N) is 2. The van der Waals surface area contributed by atoms with Gasteiger partial charge in [-0.15, -0.1) is 12.4 Å². The van der Waals surface area contributed by atoms with Crippen molar-refractivity contribution in [3.8, 4) is 0 Å². The van der Waals surface area contributed by atoms with E-state index in [1.54, 1.807) is 12.1 Å². The van der Waals surface area contributed by atoms with Crippen LogP contribution in [0.3, 0.4) is 0 Å². The van der Waals surface area contributed by atoms with Crippen LogP contribution in [0, 0.1) is 5.82 Å². The van der Waals surface area contributed by atoms with Gasteiger partial charge in [-0.05, 0) is 42.3 Å². The summed E-state index contributed by atoms with van der Waals surface area (Å²) in [4.78, 5) is 16.7. The fourth-order valence-corrected chi connectivity index (χ4v) is 3.09. The molecule has 0 spiro atoms. The SMILES string of the molecule is Cl.Nc1cccc(CN2CCCN(C(=O)c3cccc(F)c3)CC2)c1. The van der Waals surface area contributed by atoms with Gasteiger partial charge < -0.3 is 10.6 Å². The molecule has 3 rings (SSSR count). The van der Waals surface area contributed by atoms with E-state index in [0.717, 1.165) is 31.7 Å². The van der Waals surface area contributed by atoms with Gasteiger partial charge in [0, 0.05) is 44.0 Å². The van der Waals surface area contributed by atoms with Gasteiger partial charge in [-0.1, -0.05) is 18.2 Å². The van der Waals surface area contributed by atoms with Crippen LogP contribution in [0.1, 0.15) is 22.3 Å². The summed E-state index contributed by atoms with van der Waals surface area (Å²) < 4.78 is 13.3. The van der Waals surface area contributed by atoms with Crippen LogP contribution >= 0.6 is 12.4 Å². The van der Waals surface area contributed by atoms with E-state index in [1.165, 1.54) is 17.7 Å². The summed E-state index contributed by atoms with van der Waals surface area (Å²) in [5.74, 6) is -0.473. The summed E-state index contributed by atoms with van der Waals surface area (Å²) >= 11 is 0. The summed E-state index contributed by atoms with van der Waals surface area (Å²) in [6, 6.07) is 13.8. The van der Waals surface area contributed by atoms with Crippen LogP contribution < -0.4 is 5.73 Å². The van der Waals surface area contributed by atoms with Gasteiger partial charge in [-0.2, -0.15) is 0 Å². The Kier molecular flexibility index (Phi) is 6.79. The molecule has 1 fully saturated rings. The molecule has 4 nitrogen and oxygen atoms in total. The van der Waals surface area contributed by atoms with Crippen LogP contribution in [-0.2, 0) is 6.54 Å². The van der Waals surface area contributed by atoms with E-state index in [9.17, 15) is 9.18 Å². The predicted octanol–water partition coefficient (Wildman–Crippen LogP) is 3.18. The van der Waals surface area contributed by atoms with Crippen LogP contribution in [0.4, 0.5) is 10.1 Å². The number of hydrogen-bond donors (Lipinski definition) is 1. The molecular weight excluding hydrogens is 341 g/mol. The number of rotatable bonds is 3. The molecule has 0 atom stereocenters. The lowest BCUT2D eigenvalue weighted by Crippen LogP contribution is -2.35. The summed E-state index contributed by atoms with van der Waals surface area (Å²) in [5.41, 5.74) is 8.20. The van der Waals surface area contributed by atoms with Crippen molar-refractivity contribution in [3.05, 3.63) is 65.5 Å². The molecule has 1 heterocycles. The third-order valence-corrected chi connectivity index (χ3v) is 4.30. The molecule has 0 bridgehead atoms. The average molecular weight is 364 g/mol. The Morgan fingerprint density at radius 2 is 1.84 bits per heavy atom. The zero-order valence-corrected chi connectivity index (χ0v) is 14.8. The third-order valence-electron chi connectivity index (χ3n) is 4.30. The van der Waals surface area contributed by atoms with Crippen LogP contribution in [0.15, 0.2) is 48.5 Å². The minimum Gasteiger partial charge on any atom is -0.399 e. The molecule has 2 aromatic rings. The molecule has 0 radical (unpaired) electrons. The average Bonchev–Trinajstić information content (AvgIpc) is 2.80. The standard InChI is InChI=1S/C19H22FN3O.ClH/c20-17-6-2-5-16(13-17)19(24)23-9-3-8-22(10-11-23)14-15-4-1-7-18(21)12-15;/h1-2,4-7,12-13H,3,8-11,14,21H2;1H. The minimum absolute atomic E-state index is 0. The van der Waals surface area contributed by atoms with Gasteiger partial charge in [0.2, 0.25) is 0 Å². The van der Waals surface area contributed by atoms with Gasteiger partial charge in [-0.25, -0.2) is 4.39 Å². The lowest BCUT2D eigenvalue weighted by molar-refractivity contribution is 0.0760. The zero-order chi connectivity index (χ0) is 16.9. The maximum absolute atomic E-state index is 13.3. The normalized spacial score (nSPS) is 15.3. The monoisotopic (exact) mass is 363 g/mol. The van der Waals surface area contributed by atoms with Crippen LogP contribution in [0.2, 0.25) is 0 Å². The Morgan fingerprint density at radius 3 is 2.60 bits per heavy atom. The molecule has 1 amide bonds. The Morgan fingerprint density at radius 1 is 1.04 bits per heavy atom. The number of benzene rings is 2. The van der Waals surface area contributed by atoms with Gasteiger partial charge in [0.05, 0.1) is 0 Å². The molecule has 0 unspecified atom stereocenters. The second-order valence-corrected chi connectivity index (χ2v) is 6.18. The molecule has 1 aliphatic rings. The van der Waals surface area contributed by atoms with E-state index in [-0.39, 0.29) is 24.1 Å². The first-order valence-electron chi connectivity index (χ1n) is 8.23. The van der Waals surface area contributed by atoms with Crippen molar-refractivity contribution in [2.24, 2.45) is 0 Å². The maximum Gasteiger partial charge on any atom is 0.254 e. The van der Waals surface area contributed by atoms with E-state index in [2.05, 4.69) is 11.0 Å². The summed E-state index contributed by atoms with van der Waals surface area (Å²) in [7, 11) is 0. The summed E-state index contributed by atoms with van der Waals surface area (Å²) in [6.45, 7) is 3.91. The van der Waals surface area contributed by atoms with E-state index in [4.69, 9.17) is 5.73 Å². The quantitative estimate of drug-likeness (QED) is 0.852. The maximum atomic E-state index is 13.3. The number of halogens is 2. The first kappa shape index (κ1) is 19.2. The second kappa shape index (κ2) is 8.83. The Hall–Kier alpha value is -2.11. The summed E-state index contributed by atoms with van der Waals surface area (Å²) in [5, 5.41) is 0. The molecule has 25 heavy (non-hydrogen) atoms. The van der Waals surface area contributed by atoms with Crippen molar-refractivity contribution in [2.75, 3.05) is 31.9 Å². The number of carbonyl (C=O) groups is 1. The lowest BCUT2D eigenvalue weighted by atomic mass is 10.2. The molecule has 1 aliphatic heterocycles. The minimum atomic E-state index is -0.376. The number of carbonyl (C=O) groups excluding carboxylic acids is 1. The fraction of sp³-hybridized carbons (Fsp3) is 0.316. The van der Waals surface area contributed by atoms with Crippen molar-refractivity contribution in [3.63, 3.8) is 0 Å². The molecule has 1 saturated heterocycles. The van der Waals surface area contributed by atoms with Crippen molar-refractivity contribution in [2.45, 2.75) is 13.0 Å². The van der Waals surface area contributed by atoms with E-state index in [0.29, 0.717) is 18.7 Å². The topological polar surface area (TPSA) is 49.6 Å².